The number of fused-ring (bicyclic) bond motifs is 3. The monoisotopic (exact) mass is 448 g/mol. The molecule has 0 radical (unpaired) electrons. The van der Waals surface area contributed by atoms with Crippen LogP contribution in [0.5, 0.6) is 5.75 Å². The molecule has 1 aliphatic rings. The molecule has 3 aromatic heterocycles. The van der Waals surface area contributed by atoms with Crippen LogP contribution >= 0.6 is 0 Å². The maximum atomic E-state index is 14.9. The maximum absolute atomic E-state index is 14.9. The molecule has 10 heteroatoms. The van der Waals surface area contributed by atoms with E-state index in [9.17, 15) is 13.6 Å². The molecule has 5 aromatic rings. The number of hydrogen-bond donors (Lipinski definition) is 0. The number of imidazole rings is 2. The minimum Gasteiger partial charge on any atom is -0.490 e. The van der Waals surface area contributed by atoms with E-state index >= 15 is 0 Å². The van der Waals surface area contributed by atoms with E-state index in [0.717, 1.165) is 23.2 Å². The molecule has 6 rings (SSSR count). The molecule has 8 nitrogen and oxygen atoms in total. The first-order valence-corrected chi connectivity index (χ1v) is 10.6. The van der Waals surface area contributed by atoms with Gasteiger partial charge in [0.1, 0.15) is 17.7 Å². The van der Waals surface area contributed by atoms with Crippen molar-refractivity contribution < 1.29 is 13.5 Å². The highest BCUT2D eigenvalue weighted by atomic mass is 19.1. The molecule has 1 aliphatic heterocycles. The summed E-state index contributed by atoms with van der Waals surface area (Å²) in [5, 5.41) is 0. The zero-order chi connectivity index (χ0) is 22.7. The molecule has 0 N–H and O–H groups in total. The quantitative estimate of drug-likeness (QED) is 0.421. The number of benzene rings is 2. The third kappa shape index (κ3) is 2.80. The Bertz CT molecular complexity index is 1600. The molecule has 0 saturated heterocycles. The Morgan fingerprint density at radius 3 is 2.76 bits per heavy atom. The summed E-state index contributed by atoms with van der Waals surface area (Å²) >= 11 is 0. The highest BCUT2D eigenvalue weighted by Crippen LogP contribution is 2.39. The van der Waals surface area contributed by atoms with Gasteiger partial charge in [-0.1, -0.05) is 12.1 Å². The molecule has 4 heterocycles. The van der Waals surface area contributed by atoms with E-state index in [2.05, 4.69) is 9.97 Å². The van der Waals surface area contributed by atoms with Crippen LogP contribution in [0.1, 0.15) is 24.9 Å². The third-order valence-corrected chi connectivity index (χ3v) is 6.06. The lowest BCUT2D eigenvalue weighted by molar-refractivity contribution is 0.238. The molecule has 0 fully saturated rings. The Morgan fingerprint density at radius 2 is 1.91 bits per heavy atom. The van der Waals surface area contributed by atoms with Crippen molar-refractivity contribution in [1.82, 2.24) is 28.7 Å². The summed E-state index contributed by atoms with van der Waals surface area (Å²) in [5.74, 6) is -1.13. The van der Waals surface area contributed by atoms with Gasteiger partial charge in [-0.15, -0.1) is 0 Å². The second-order valence-electron chi connectivity index (χ2n) is 7.80. The topological polar surface area (TPSA) is 79.8 Å². The largest absolute Gasteiger partial charge is 0.490 e. The highest BCUT2D eigenvalue weighted by Gasteiger charge is 2.32. The van der Waals surface area contributed by atoms with Gasteiger partial charge in [0.25, 0.3) is 0 Å². The van der Waals surface area contributed by atoms with Crippen molar-refractivity contribution in [3.05, 3.63) is 76.6 Å². The number of hydrogen-bond acceptors (Lipinski definition) is 5. The number of aromatic nitrogens is 6. The lowest BCUT2D eigenvalue weighted by atomic mass is 9.99. The van der Waals surface area contributed by atoms with Crippen molar-refractivity contribution >= 4 is 22.2 Å². The van der Waals surface area contributed by atoms with Gasteiger partial charge in [0, 0.05) is 13.0 Å². The van der Waals surface area contributed by atoms with Crippen LogP contribution in [0.15, 0.2) is 53.7 Å². The van der Waals surface area contributed by atoms with Gasteiger partial charge in [0.2, 0.25) is 5.95 Å². The first kappa shape index (κ1) is 19.6. The van der Waals surface area contributed by atoms with E-state index in [0.29, 0.717) is 30.1 Å². The average Bonchev–Trinajstić information content (AvgIpc) is 3.38. The van der Waals surface area contributed by atoms with E-state index in [1.54, 1.807) is 17.1 Å². The second kappa shape index (κ2) is 7.22. The number of para-hydroxylation sites is 2. The van der Waals surface area contributed by atoms with Crippen LogP contribution in [0.4, 0.5) is 8.78 Å². The van der Waals surface area contributed by atoms with Crippen LogP contribution in [-0.2, 0) is 6.54 Å². The Labute approximate surface area is 185 Å². The molecular formula is C23H18F2N6O2. The summed E-state index contributed by atoms with van der Waals surface area (Å²) in [6.45, 7) is 2.36. The number of halogens is 2. The molecule has 0 spiro atoms. The Hall–Kier alpha value is -4.08. The fourth-order valence-electron chi connectivity index (χ4n) is 4.55. The zero-order valence-corrected chi connectivity index (χ0v) is 17.6. The van der Waals surface area contributed by atoms with Crippen LogP contribution < -0.4 is 10.4 Å². The number of rotatable bonds is 3. The fourth-order valence-corrected chi connectivity index (χ4v) is 4.55. The van der Waals surface area contributed by atoms with Gasteiger partial charge in [-0.05, 0) is 31.2 Å². The Balaban J connectivity index is 1.63. The van der Waals surface area contributed by atoms with Gasteiger partial charge in [-0.3, -0.25) is 13.7 Å². The minimum atomic E-state index is -0.769. The second-order valence-corrected chi connectivity index (χ2v) is 7.80. The zero-order valence-electron chi connectivity index (χ0n) is 17.6. The fraction of sp³-hybridized carbons (Fsp3) is 0.217. The van der Waals surface area contributed by atoms with Crippen molar-refractivity contribution in [3.8, 4) is 11.7 Å². The van der Waals surface area contributed by atoms with Crippen molar-refractivity contribution in [1.29, 1.82) is 0 Å². The van der Waals surface area contributed by atoms with Crippen molar-refractivity contribution in [2.75, 3.05) is 6.61 Å². The first-order chi connectivity index (χ1) is 16.1. The first-order valence-electron chi connectivity index (χ1n) is 10.6. The van der Waals surface area contributed by atoms with Crippen molar-refractivity contribution in [2.24, 2.45) is 0 Å². The number of aryl methyl sites for hydroxylation is 1. The van der Waals surface area contributed by atoms with Crippen LogP contribution in [0.25, 0.3) is 28.1 Å². The summed E-state index contributed by atoms with van der Waals surface area (Å²) < 4.78 is 39.4. The van der Waals surface area contributed by atoms with Crippen molar-refractivity contribution in [2.45, 2.75) is 25.9 Å². The highest BCUT2D eigenvalue weighted by molar-refractivity contribution is 5.77. The molecule has 1 atom stereocenters. The Morgan fingerprint density at radius 1 is 1.09 bits per heavy atom. The van der Waals surface area contributed by atoms with E-state index in [1.807, 2.05) is 31.2 Å². The molecule has 2 aromatic carbocycles. The van der Waals surface area contributed by atoms with Gasteiger partial charge < -0.3 is 4.74 Å². The van der Waals surface area contributed by atoms with Crippen LogP contribution in [0, 0.1) is 11.6 Å². The minimum absolute atomic E-state index is 0.0201. The van der Waals surface area contributed by atoms with Gasteiger partial charge >= 0.3 is 5.69 Å². The molecule has 33 heavy (non-hydrogen) atoms. The molecule has 0 amide bonds. The summed E-state index contributed by atoms with van der Waals surface area (Å²) in [7, 11) is 0. The standard InChI is InChI=1S/C23H18F2N6O2/c1-2-29-18-11-26-22(30-12-27-15-5-3-4-6-16(15)30)28-21(18)31(23(29)32)17-9-10-33-20-14(25)8-7-13(24)19(17)20/h3-8,11-12,17H,2,9-10H2,1H3. The van der Waals surface area contributed by atoms with Crippen LogP contribution in [0.2, 0.25) is 0 Å². The van der Waals surface area contributed by atoms with Crippen molar-refractivity contribution in [3.63, 3.8) is 0 Å². The van der Waals surface area contributed by atoms with E-state index in [-0.39, 0.29) is 23.6 Å². The molecule has 0 aliphatic carbocycles. The predicted octanol–water partition coefficient (Wildman–Crippen LogP) is 3.60. The number of ether oxygens (including phenoxy) is 1. The summed E-state index contributed by atoms with van der Waals surface area (Å²) in [6, 6.07) is 8.86. The van der Waals surface area contributed by atoms with Crippen LogP contribution in [0.3, 0.4) is 0 Å². The Kier molecular flexibility index (Phi) is 4.29. The van der Waals surface area contributed by atoms with E-state index in [1.165, 1.54) is 9.13 Å². The van der Waals surface area contributed by atoms with E-state index in [4.69, 9.17) is 9.72 Å². The molecule has 1 unspecified atom stereocenters. The normalized spacial score (nSPS) is 15.7. The van der Waals surface area contributed by atoms with Gasteiger partial charge in [0.15, 0.2) is 17.2 Å². The predicted molar refractivity (Wildman–Crippen MR) is 117 cm³/mol. The molecule has 0 bridgehead atoms. The van der Waals surface area contributed by atoms with Gasteiger partial charge in [0.05, 0.1) is 35.4 Å². The third-order valence-electron chi connectivity index (χ3n) is 6.06. The SMILES string of the molecule is CCn1c(=O)n(C2CCOc3c(F)ccc(F)c32)c2nc(-n3cnc4ccccc43)ncc21. The van der Waals surface area contributed by atoms with E-state index < -0.39 is 17.7 Å². The molecule has 0 saturated carbocycles. The summed E-state index contributed by atoms with van der Waals surface area (Å²) in [4.78, 5) is 27.0. The molecule has 166 valence electrons. The number of nitrogens with zero attached hydrogens (tertiary/aromatic N) is 6. The summed E-state index contributed by atoms with van der Waals surface area (Å²) in [5.41, 5.74) is 2.10. The average molecular weight is 448 g/mol. The van der Waals surface area contributed by atoms with Gasteiger partial charge in [-0.2, -0.15) is 4.98 Å². The smallest absolute Gasteiger partial charge is 0.330 e. The lowest BCUT2D eigenvalue weighted by Gasteiger charge is -2.27. The summed E-state index contributed by atoms with van der Waals surface area (Å²) in [6.07, 6.45) is 3.49. The maximum Gasteiger partial charge on any atom is 0.330 e. The van der Waals surface area contributed by atoms with Gasteiger partial charge in [-0.25, -0.2) is 23.5 Å². The molecular weight excluding hydrogens is 430 g/mol. The van der Waals surface area contributed by atoms with Crippen LogP contribution in [-0.4, -0.2) is 35.3 Å². The lowest BCUT2D eigenvalue weighted by Crippen LogP contribution is -2.31.